The molecule has 2 aromatic rings. The van der Waals surface area contributed by atoms with Gasteiger partial charge in [0.1, 0.15) is 0 Å². The minimum Gasteiger partial charge on any atom is -0.246 e. The van der Waals surface area contributed by atoms with Crippen LogP contribution in [-0.4, -0.2) is 10.8 Å². The summed E-state index contributed by atoms with van der Waals surface area (Å²) >= 11 is 1.95. The molecule has 0 radical (unpaired) electrons. The van der Waals surface area contributed by atoms with Crippen LogP contribution in [0.15, 0.2) is 54.6 Å². The van der Waals surface area contributed by atoms with Crippen molar-refractivity contribution < 1.29 is 0 Å². The number of hydrogen-bond donors (Lipinski definition) is 0. The fourth-order valence-electron chi connectivity index (χ4n) is 2.32. The molecule has 0 saturated heterocycles. The minimum absolute atomic E-state index is 1.07. The molecular weight excluding hydrogens is 238 g/mol. The average molecular weight is 255 g/mol. The normalized spacial score (nSPS) is 15.3. The van der Waals surface area contributed by atoms with Gasteiger partial charge in [-0.05, 0) is 23.1 Å². The maximum atomic E-state index is 2.48. The van der Waals surface area contributed by atoms with Crippen LogP contribution in [0.2, 0.25) is 0 Å². The van der Waals surface area contributed by atoms with Crippen molar-refractivity contribution in [2.75, 3.05) is 6.54 Å². The van der Waals surface area contributed by atoms with Crippen LogP contribution in [0.5, 0.6) is 0 Å². The lowest BCUT2D eigenvalue weighted by molar-refractivity contribution is 0.444. The van der Waals surface area contributed by atoms with Crippen LogP contribution in [-0.2, 0) is 18.7 Å². The molecule has 0 spiro atoms. The molecule has 92 valence electrons. The van der Waals surface area contributed by atoms with E-state index in [1.165, 1.54) is 23.1 Å². The van der Waals surface area contributed by atoms with E-state index in [-0.39, 0.29) is 0 Å². The largest absolute Gasteiger partial charge is 0.246 e. The Hall–Kier alpha value is -1.25. The van der Waals surface area contributed by atoms with Gasteiger partial charge >= 0.3 is 0 Å². The number of hydrogen-bond acceptors (Lipinski definition) is 2. The zero-order chi connectivity index (χ0) is 12.2. The van der Waals surface area contributed by atoms with E-state index in [1.54, 1.807) is 0 Å². The second-order valence-electron chi connectivity index (χ2n) is 4.64. The van der Waals surface area contributed by atoms with E-state index in [4.69, 9.17) is 0 Å². The fraction of sp³-hybridized carbons (Fsp3) is 0.250. The SMILES string of the molecule is c1ccc(CSN2CCc3ccccc3C2)cc1. The van der Waals surface area contributed by atoms with Gasteiger partial charge in [0, 0.05) is 18.8 Å². The maximum Gasteiger partial charge on any atom is 0.0343 e. The van der Waals surface area contributed by atoms with Crippen molar-refractivity contribution in [3.63, 3.8) is 0 Å². The molecule has 0 N–H and O–H groups in total. The summed E-state index contributed by atoms with van der Waals surface area (Å²) in [6, 6.07) is 19.5. The topological polar surface area (TPSA) is 3.24 Å². The average Bonchev–Trinajstić information content (AvgIpc) is 2.46. The second kappa shape index (κ2) is 5.59. The molecule has 1 nitrogen and oxygen atoms in total. The first-order chi connectivity index (χ1) is 8.92. The third-order valence-corrected chi connectivity index (χ3v) is 4.49. The molecule has 0 aromatic heterocycles. The highest BCUT2D eigenvalue weighted by Crippen LogP contribution is 2.25. The molecular formula is C16H17NS. The fourth-order valence-corrected chi connectivity index (χ4v) is 3.29. The molecule has 0 fully saturated rings. The maximum absolute atomic E-state index is 2.48. The molecule has 0 unspecified atom stereocenters. The van der Waals surface area contributed by atoms with Crippen LogP contribution >= 0.6 is 11.9 Å². The molecule has 2 aromatic carbocycles. The van der Waals surface area contributed by atoms with Crippen LogP contribution in [0.1, 0.15) is 16.7 Å². The first kappa shape index (κ1) is 11.8. The van der Waals surface area contributed by atoms with Crippen molar-refractivity contribution in [3.05, 3.63) is 71.3 Å². The standard InChI is InChI=1S/C16H17NS/c1-2-6-14(7-3-1)13-18-17-11-10-15-8-4-5-9-16(15)12-17/h1-9H,10-13H2. The molecule has 1 aliphatic heterocycles. The number of rotatable bonds is 3. The summed E-state index contributed by atoms with van der Waals surface area (Å²) in [5.41, 5.74) is 4.42. The van der Waals surface area contributed by atoms with Crippen LogP contribution in [0.3, 0.4) is 0 Å². The number of fused-ring (bicyclic) bond motifs is 1. The Morgan fingerprint density at radius 1 is 0.889 bits per heavy atom. The van der Waals surface area contributed by atoms with E-state index in [0.717, 1.165) is 18.8 Å². The lowest BCUT2D eigenvalue weighted by Crippen LogP contribution is -2.24. The Morgan fingerprint density at radius 2 is 1.61 bits per heavy atom. The Labute approximate surface area is 113 Å². The number of benzene rings is 2. The van der Waals surface area contributed by atoms with Crippen molar-refractivity contribution in [2.45, 2.75) is 18.7 Å². The van der Waals surface area contributed by atoms with Gasteiger partial charge in [-0.1, -0.05) is 66.5 Å². The minimum atomic E-state index is 1.07. The molecule has 1 heterocycles. The van der Waals surface area contributed by atoms with Gasteiger partial charge in [0.2, 0.25) is 0 Å². The zero-order valence-electron chi connectivity index (χ0n) is 10.4. The monoisotopic (exact) mass is 255 g/mol. The third-order valence-electron chi connectivity index (χ3n) is 3.35. The summed E-state index contributed by atoms with van der Waals surface area (Å²) in [6.07, 6.45) is 1.18. The quantitative estimate of drug-likeness (QED) is 0.765. The summed E-state index contributed by atoms with van der Waals surface area (Å²) < 4.78 is 2.48. The number of nitrogens with zero attached hydrogens (tertiary/aromatic N) is 1. The van der Waals surface area contributed by atoms with E-state index in [1.807, 2.05) is 11.9 Å². The summed E-state index contributed by atoms with van der Waals surface area (Å²) in [5, 5.41) is 0. The van der Waals surface area contributed by atoms with Crippen molar-refractivity contribution in [3.8, 4) is 0 Å². The molecule has 0 aliphatic carbocycles. The molecule has 0 amide bonds. The van der Waals surface area contributed by atoms with Crippen molar-refractivity contribution in [1.82, 2.24) is 4.31 Å². The van der Waals surface area contributed by atoms with Gasteiger partial charge in [0.05, 0.1) is 0 Å². The summed E-state index contributed by atoms with van der Waals surface area (Å²) in [7, 11) is 0. The van der Waals surface area contributed by atoms with Gasteiger partial charge in [-0.2, -0.15) is 0 Å². The van der Waals surface area contributed by atoms with Gasteiger partial charge in [-0.25, -0.2) is 4.31 Å². The highest BCUT2D eigenvalue weighted by Gasteiger charge is 2.15. The molecule has 1 aliphatic rings. The third kappa shape index (κ3) is 2.77. The van der Waals surface area contributed by atoms with E-state index >= 15 is 0 Å². The van der Waals surface area contributed by atoms with Gasteiger partial charge < -0.3 is 0 Å². The molecule has 0 atom stereocenters. The predicted octanol–water partition coefficient (Wildman–Crippen LogP) is 3.89. The van der Waals surface area contributed by atoms with Gasteiger partial charge in [0.25, 0.3) is 0 Å². The Kier molecular flexibility index (Phi) is 3.67. The molecule has 2 heteroatoms. The summed E-state index contributed by atoms with van der Waals surface area (Å²) in [6.45, 7) is 2.24. The Bertz CT molecular complexity index is 510. The highest BCUT2D eigenvalue weighted by molar-refractivity contribution is 7.96. The second-order valence-corrected chi connectivity index (χ2v) is 5.70. The first-order valence-corrected chi connectivity index (χ1v) is 7.34. The molecule has 0 bridgehead atoms. The van der Waals surface area contributed by atoms with E-state index in [0.29, 0.717) is 0 Å². The summed E-state index contributed by atoms with van der Waals surface area (Å²) in [4.78, 5) is 0. The molecule has 3 rings (SSSR count). The van der Waals surface area contributed by atoms with E-state index < -0.39 is 0 Å². The van der Waals surface area contributed by atoms with Crippen LogP contribution < -0.4 is 0 Å². The summed E-state index contributed by atoms with van der Waals surface area (Å²) in [5.74, 6) is 1.07. The van der Waals surface area contributed by atoms with Crippen LogP contribution in [0.4, 0.5) is 0 Å². The van der Waals surface area contributed by atoms with Crippen LogP contribution in [0.25, 0.3) is 0 Å². The van der Waals surface area contributed by atoms with Crippen molar-refractivity contribution in [1.29, 1.82) is 0 Å². The van der Waals surface area contributed by atoms with Crippen LogP contribution in [0, 0.1) is 0 Å². The Morgan fingerprint density at radius 3 is 2.44 bits per heavy atom. The van der Waals surface area contributed by atoms with Gasteiger partial charge in [-0.3, -0.25) is 0 Å². The van der Waals surface area contributed by atoms with Crippen molar-refractivity contribution in [2.24, 2.45) is 0 Å². The smallest absolute Gasteiger partial charge is 0.0343 e. The lowest BCUT2D eigenvalue weighted by Gasteiger charge is -2.27. The van der Waals surface area contributed by atoms with Gasteiger partial charge in [-0.15, -0.1) is 0 Å². The molecule has 18 heavy (non-hydrogen) atoms. The first-order valence-electron chi connectivity index (χ1n) is 6.40. The van der Waals surface area contributed by atoms with E-state index in [9.17, 15) is 0 Å². The van der Waals surface area contributed by atoms with Crippen molar-refractivity contribution >= 4 is 11.9 Å². The predicted molar refractivity (Wildman–Crippen MR) is 78.3 cm³/mol. The molecule has 0 saturated carbocycles. The lowest BCUT2D eigenvalue weighted by atomic mass is 10.0. The zero-order valence-corrected chi connectivity index (χ0v) is 11.2. The van der Waals surface area contributed by atoms with Gasteiger partial charge in [0.15, 0.2) is 0 Å². The Balaban J connectivity index is 1.60. The highest BCUT2D eigenvalue weighted by atomic mass is 32.2. The van der Waals surface area contributed by atoms with E-state index in [2.05, 4.69) is 58.9 Å².